The molecular weight excluding hydrogens is 247 g/mol. The van der Waals surface area contributed by atoms with E-state index in [1.54, 1.807) is 24.3 Å². The van der Waals surface area contributed by atoms with Gasteiger partial charge in [0.25, 0.3) is 0 Å². The number of ether oxygens (including phenoxy) is 1. The minimum Gasteiger partial charge on any atom is -0.493 e. The lowest BCUT2D eigenvalue weighted by Crippen LogP contribution is -2.08. The fourth-order valence-electron chi connectivity index (χ4n) is 2.16. The lowest BCUT2D eigenvalue weighted by atomic mass is 9.91. The van der Waals surface area contributed by atoms with Crippen LogP contribution in [-0.4, -0.2) is 12.9 Å². The van der Waals surface area contributed by atoms with E-state index in [1.807, 2.05) is 0 Å². The lowest BCUT2D eigenvalue weighted by Gasteiger charge is -2.17. The molecule has 0 saturated heterocycles. The summed E-state index contributed by atoms with van der Waals surface area (Å²) < 4.78 is 24.2. The lowest BCUT2D eigenvalue weighted by molar-refractivity contribution is -0.117. The Morgan fingerprint density at radius 3 is 2.74 bits per heavy atom. The van der Waals surface area contributed by atoms with E-state index in [0.29, 0.717) is 11.3 Å². The topological polar surface area (TPSA) is 39.4 Å². The number of methoxy groups -OCH3 is 1. The SMILES string of the molecule is COc1c(F)cccc1C(CC(C)=O)c1ccco1. The van der Waals surface area contributed by atoms with Gasteiger partial charge in [0, 0.05) is 12.0 Å². The largest absolute Gasteiger partial charge is 0.493 e. The van der Waals surface area contributed by atoms with Gasteiger partial charge in [0.1, 0.15) is 11.5 Å². The van der Waals surface area contributed by atoms with Gasteiger partial charge in [0.15, 0.2) is 11.6 Å². The van der Waals surface area contributed by atoms with Crippen molar-refractivity contribution in [2.24, 2.45) is 0 Å². The molecule has 3 nitrogen and oxygen atoms in total. The second-order valence-electron chi connectivity index (χ2n) is 4.34. The quantitative estimate of drug-likeness (QED) is 0.827. The molecule has 4 heteroatoms. The maximum Gasteiger partial charge on any atom is 0.165 e. The highest BCUT2D eigenvalue weighted by Crippen LogP contribution is 2.36. The first-order valence-corrected chi connectivity index (χ1v) is 5.98. The summed E-state index contributed by atoms with van der Waals surface area (Å²) >= 11 is 0. The summed E-state index contributed by atoms with van der Waals surface area (Å²) in [5.74, 6) is 0.00947. The number of carbonyl (C=O) groups is 1. The Morgan fingerprint density at radius 2 is 2.16 bits per heavy atom. The van der Waals surface area contributed by atoms with E-state index in [2.05, 4.69) is 0 Å². The molecule has 0 aliphatic rings. The number of Topliss-reactive ketones (excluding diaryl/α,β-unsaturated/α-hetero) is 1. The van der Waals surface area contributed by atoms with Crippen LogP contribution in [0.1, 0.15) is 30.6 Å². The third-order valence-corrected chi connectivity index (χ3v) is 2.96. The van der Waals surface area contributed by atoms with Gasteiger partial charge in [-0.3, -0.25) is 4.79 Å². The smallest absolute Gasteiger partial charge is 0.165 e. The molecule has 0 fully saturated rings. The Balaban J connectivity index is 2.49. The van der Waals surface area contributed by atoms with Gasteiger partial charge in [0.05, 0.1) is 19.3 Å². The molecule has 0 bridgehead atoms. The van der Waals surface area contributed by atoms with Crippen molar-refractivity contribution < 1.29 is 18.3 Å². The molecule has 1 unspecified atom stereocenters. The van der Waals surface area contributed by atoms with E-state index >= 15 is 0 Å². The third-order valence-electron chi connectivity index (χ3n) is 2.96. The first kappa shape index (κ1) is 13.3. The van der Waals surface area contributed by atoms with E-state index in [4.69, 9.17) is 9.15 Å². The molecule has 0 N–H and O–H groups in total. The average Bonchev–Trinajstić information content (AvgIpc) is 2.89. The van der Waals surface area contributed by atoms with Crippen molar-refractivity contribution in [3.05, 3.63) is 53.7 Å². The summed E-state index contributed by atoms with van der Waals surface area (Å²) in [5.41, 5.74) is 0.618. The summed E-state index contributed by atoms with van der Waals surface area (Å²) in [5, 5.41) is 0. The molecule has 0 aliphatic heterocycles. The predicted octanol–water partition coefficient (Wildman–Crippen LogP) is 3.54. The highest BCUT2D eigenvalue weighted by Gasteiger charge is 2.24. The average molecular weight is 262 g/mol. The van der Waals surface area contributed by atoms with Gasteiger partial charge in [-0.25, -0.2) is 4.39 Å². The highest BCUT2D eigenvalue weighted by atomic mass is 19.1. The first-order chi connectivity index (χ1) is 9.13. The maximum atomic E-state index is 13.7. The van der Waals surface area contributed by atoms with Crippen LogP contribution in [0, 0.1) is 5.82 Å². The van der Waals surface area contributed by atoms with Gasteiger partial charge in [-0.15, -0.1) is 0 Å². The Bertz CT molecular complexity index is 561. The van der Waals surface area contributed by atoms with E-state index < -0.39 is 5.82 Å². The molecule has 2 aromatic rings. The van der Waals surface area contributed by atoms with Gasteiger partial charge in [-0.1, -0.05) is 12.1 Å². The predicted molar refractivity (Wildman–Crippen MR) is 68.8 cm³/mol. The molecule has 2 rings (SSSR count). The van der Waals surface area contributed by atoms with Crippen molar-refractivity contribution in [2.45, 2.75) is 19.3 Å². The standard InChI is InChI=1S/C15H15FO3/c1-10(17)9-12(14-7-4-8-19-14)11-5-3-6-13(16)15(11)18-2/h3-8,12H,9H2,1-2H3. The molecule has 0 amide bonds. The second kappa shape index (κ2) is 5.69. The summed E-state index contributed by atoms with van der Waals surface area (Å²) in [6.45, 7) is 1.50. The van der Waals surface area contributed by atoms with Gasteiger partial charge in [-0.05, 0) is 25.1 Å². The van der Waals surface area contributed by atoms with Crippen molar-refractivity contribution >= 4 is 5.78 Å². The molecule has 0 aliphatic carbocycles. The summed E-state index contributed by atoms with van der Waals surface area (Å²) in [6, 6.07) is 8.20. The molecule has 100 valence electrons. The number of ketones is 1. The number of halogens is 1. The molecule has 1 aromatic carbocycles. The van der Waals surface area contributed by atoms with E-state index in [0.717, 1.165) is 0 Å². The molecule has 19 heavy (non-hydrogen) atoms. The summed E-state index contributed by atoms with van der Waals surface area (Å²) in [4.78, 5) is 11.4. The van der Waals surface area contributed by atoms with Crippen molar-refractivity contribution in [3.8, 4) is 5.75 Å². The molecular formula is C15H15FO3. The Kier molecular flexibility index (Phi) is 4.00. The zero-order valence-electron chi connectivity index (χ0n) is 10.9. The van der Waals surface area contributed by atoms with Crippen LogP contribution < -0.4 is 4.74 Å². The van der Waals surface area contributed by atoms with Crippen LogP contribution in [0.25, 0.3) is 0 Å². The van der Waals surface area contributed by atoms with Crippen molar-refractivity contribution in [1.82, 2.24) is 0 Å². The van der Waals surface area contributed by atoms with Crippen LogP contribution in [0.15, 0.2) is 41.0 Å². The summed E-state index contributed by atoms with van der Waals surface area (Å²) in [7, 11) is 1.41. The molecule has 1 atom stereocenters. The van der Waals surface area contributed by atoms with E-state index in [-0.39, 0.29) is 23.9 Å². The van der Waals surface area contributed by atoms with Crippen molar-refractivity contribution in [2.75, 3.05) is 7.11 Å². The summed E-state index contributed by atoms with van der Waals surface area (Å²) in [6.07, 6.45) is 1.78. The normalized spacial score (nSPS) is 12.2. The van der Waals surface area contributed by atoms with Gasteiger partial charge in [0.2, 0.25) is 0 Å². The minimum atomic E-state index is -0.444. The third kappa shape index (κ3) is 2.84. The maximum absolute atomic E-state index is 13.7. The Morgan fingerprint density at radius 1 is 1.37 bits per heavy atom. The van der Waals surface area contributed by atoms with Crippen LogP contribution >= 0.6 is 0 Å². The monoisotopic (exact) mass is 262 g/mol. The van der Waals surface area contributed by atoms with Crippen LogP contribution in [0.4, 0.5) is 4.39 Å². The van der Waals surface area contributed by atoms with Gasteiger partial charge >= 0.3 is 0 Å². The van der Waals surface area contributed by atoms with Crippen LogP contribution in [-0.2, 0) is 4.79 Å². The van der Waals surface area contributed by atoms with E-state index in [1.165, 1.54) is 26.4 Å². The number of benzene rings is 1. The molecule has 0 spiro atoms. The highest BCUT2D eigenvalue weighted by molar-refractivity contribution is 5.77. The Hall–Kier alpha value is -2.10. The minimum absolute atomic E-state index is 0.00714. The van der Waals surface area contributed by atoms with Crippen LogP contribution in [0.5, 0.6) is 5.75 Å². The van der Waals surface area contributed by atoms with Crippen molar-refractivity contribution in [3.63, 3.8) is 0 Å². The number of hydrogen-bond donors (Lipinski definition) is 0. The number of rotatable bonds is 5. The molecule has 1 aromatic heterocycles. The number of carbonyl (C=O) groups excluding carboxylic acids is 1. The number of para-hydroxylation sites is 1. The number of hydrogen-bond acceptors (Lipinski definition) is 3. The molecule has 0 saturated carbocycles. The second-order valence-corrected chi connectivity index (χ2v) is 4.34. The zero-order valence-corrected chi connectivity index (χ0v) is 10.9. The molecule has 1 heterocycles. The van der Waals surface area contributed by atoms with Gasteiger partial charge in [-0.2, -0.15) is 0 Å². The van der Waals surface area contributed by atoms with Gasteiger partial charge < -0.3 is 9.15 Å². The van der Waals surface area contributed by atoms with Crippen molar-refractivity contribution in [1.29, 1.82) is 0 Å². The fourth-order valence-corrected chi connectivity index (χ4v) is 2.16. The first-order valence-electron chi connectivity index (χ1n) is 5.98. The van der Waals surface area contributed by atoms with Crippen LogP contribution in [0.2, 0.25) is 0 Å². The zero-order chi connectivity index (χ0) is 13.8. The molecule has 0 radical (unpaired) electrons. The fraction of sp³-hybridized carbons (Fsp3) is 0.267. The Labute approximate surface area is 111 Å². The van der Waals surface area contributed by atoms with E-state index in [9.17, 15) is 9.18 Å². The van der Waals surface area contributed by atoms with Crippen LogP contribution in [0.3, 0.4) is 0 Å². The number of furan rings is 1.